The quantitative estimate of drug-likeness (QED) is 0.849. The van der Waals surface area contributed by atoms with Gasteiger partial charge in [0.15, 0.2) is 10.4 Å². The first-order valence-electron chi connectivity index (χ1n) is 5.60. The number of nitrogens with zero attached hydrogens (tertiary/aromatic N) is 3. The first-order valence-corrected chi connectivity index (χ1v) is 6.01. The van der Waals surface area contributed by atoms with Crippen molar-refractivity contribution < 1.29 is 4.74 Å². The summed E-state index contributed by atoms with van der Waals surface area (Å²) in [7, 11) is 1.60. The summed E-state index contributed by atoms with van der Waals surface area (Å²) >= 11 is 5.34. The normalized spacial score (nSPS) is 17.3. The van der Waals surface area contributed by atoms with Crippen LogP contribution in [0.25, 0.3) is 11.2 Å². The van der Waals surface area contributed by atoms with Gasteiger partial charge < -0.3 is 14.3 Å². The molecule has 0 aliphatic heterocycles. The number of ether oxygens (including phenoxy) is 1. The number of methoxy groups -OCH3 is 1. The van der Waals surface area contributed by atoms with Gasteiger partial charge in [-0.15, -0.1) is 0 Å². The maximum Gasteiger partial charge on any atom is 0.242 e. The van der Waals surface area contributed by atoms with E-state index in [0.717, 1.165) is 17.7 Å². The van der Waals surface area contributed by atoms with Crippen LogP contribution in [0.3, 0.4) is 0 Å². The molecule has 1 N–H and O–H groups in total. The van der Waals surface area contributed by atoms with Gasteiger partial charge in [0, 0.05) is 6.54 Å². The molecule has 0 saturated heterocycles. The molecule has 0 amide bonds. The minimum absolute atomic E-state index is 0.380. The first kappa shape index (κ1) is 10.7. The molecule has 1 saturated carbocycles. The predicted molar refractivity (Wildman–Crippen MR) is 66.6 cm³/mol. The molecule has 2 aromatic rings. The highest BCUT2D eigenvalue weighted by molar-refractivity contribution is 7.71. The molecular weight excluding hydrogens is 236 g/mol. The van der Waals surface area contributed by atoms with E-state index in [1.165, 1.54) is 19.2 Å². The molecule has 3 rings (SSSR count). The lowest BCUT2D eigenvalue weighted by Gasteiger charge is -2.09. The van der Waals surface area contributed by atoms with Crippen molar-refractivity contribution in [2.45, 2.75) is 26.3 Å². The summed E-state index contributed by atoms with van der Waals surface area (Å²) < 4.78 is 7.93. The van der Waals surface area contributed by atoms with Gasteiger partial charge in [-0.05, 0) is 30.5 Å². The molecule has 6 heteroatoms. The fourth-order valence-corrected chi connectivity index (χ4v) is 2.25. The zero-order valence-electron chi connectivity index (χ0n) is 9.86. The predicted octanol–water partition coefficient (Wildman–Crippen LogP) is 2.30. The smallest absolute Gasteiger partial charge is 0.242 e. The van der Waals surface area contributed by atoms with Gasteiger partial charge in [0.2, 0.25) is 5.88 Å². The fraction of sp³-hybridized carbons (Fsp3) is 0.545. The van der Waals surface area contributed by atoms with Crippen molar-refractivity contribution in [3.05, 3.63) is 11.1 Å². The summed E-state index contributed by atoms with van der Waals surface area (Å²) in [5, 5.41) is 0. The van der Waals surface area contributed by atoms with E-state index in [4.69, 9.17) is 17.0 Å². The van der Waals surface area contributed by atoms with Gasteiger partial charge in [0.25, 0.3) is 0 Å². The summed E-state index contributed by atoms with van der Waals surface area (Å²) in [6, 6.07) is 0. The van der Waals surface area contributed by atoms with E-state index in [9.17, 15) is 0 Å². The van der Waals surface area contributed by atoms with Gasteiger partial charge in [0.1, 0.15) is 11.8 Å². The Bertz CT molecular complexity index is 626. The lowest BCUT2D eigenvalue weighted by molar-refractivity contribution is 0.401. The second-order valence-electron chi connectivity index (χ2n) is 4.91. The van der Waals surface area contributed by atoms with E-state index in [2.05, 4.69) is 21.9 Å². The number of hydrogen-bond donors (Lipinski definition) is 1. The molecule has 1 fully saturated rings. The van der Waals surface area contributed by atoms with Crippen LogP contribution in [0, 0.1) is 10.2 Å². The molecule has 0 unspecified atom stereocenters. The van der Waals surface area contributed by atoms with Crippen molar-refractivity contribution >= 4 is 23.4 Å². The maximum atomic E-state index is 5.34. The van der Waals surface area contributed by atoms with Crippen LogP contribution in [0.5, 0.6) is 5.88 Å². The van der Waals surface area contributed by atoms with Crippen LogP contribution in [0.15, 0.2) is 6.33 Å². The minimum Gasteiger partial charge on any atom is -0.479 e. The van der Waals surface area contributed by atoms with E-state index in [1.807, 2.05) is 4.57 Å². The van der Waals surface area contributed by atoms with Crippen LogP contribution in [-0.4, -0.2) is 26.6 Å². The summed E-state index contributed by atoms with van der Waals surface area (Å²) in [5.41, 5.74) is 1.99. The summed E-state index contributed by atoms with van der Waals surface area (Å²) in [4.78, 5) is 11.5. The van der Waals surface area contributed by atoms with Crippen LogP contribution in [0.4, 0.5) is 0 Å². The number of hydrogen-bond acceptors (Lipinski definition) is 4. The van der Waals surface area contributed by atoms with Gasteiger partial charge in [-0.2, -0.15) is 4.98 Å². The Morgan fingerprint density at radius 2 is 2.29 bits per heavy atom. The monoisotopic (exact) mass is 250 g/mol. The van der Waals surface area contributed by atoms with Crippen molar-refractivity contribution in [3.8, 4) is 5.88 Å². The van der Waals surface area contributed by atoms with E-state index in [0.29, 0.717) is 16.1 Å². The number of aromatic nitrogens is 4. The van der Waals surface area contributed by atoms with E-state index in [-0.39, 0.29) is 0 Å². The second-order valence-corrected chi connectivity index (χ2v) is 5.30. The highest BCUT2D eigenvalue weighted by atomic mass is 32.1. The first-order chi connectivity index (χ1) is 8.13. The van der Waals surface area contributed by atoms with Gasteiger partial charge in [0.05, 0.1) is 7.11 Å². The zero-order chi connectivity index (χ0) is 12.0. The van der Waals surface area contributed by atoms with Gasteiger partial charge >= 0.3 is 0 Å². The number of aromatic amines is 1. The van der Waals surface area contributed by atoms with Crippen LogP contribution >= 0.6 is 12.2 Å². The standard InChI is InChI=1S/C11H14N4OS/c1-11(3-4-11)5-15-8-7(14-10(15)17)9(16-2)13-6-12-8/h6H,3-5H2,1-2H3,(H,14,17). The number of H-pyrrole nitrogens is 1. The lowest BCUT2D eigenvalue weighted by atomic mass is 10.1. The van der Waals surface area contributed by atoms with Gasteiger partial charge in [-0.25, -0.2) is 4.98 Å². The molecular formula is C11H14N4OS. The van der Waals surface area contributed by atoms with Crippen LogP contribution in [0.1, 0.15) is 19.8 Å². The molecule has 5 nitrogen and oxygen atoms in total. The van der Waals surface area contributed by atoms with Gasteiger partial charge in [-0.1, -0.05) is 6.92 Å². The van der Waals surface area contributed by atoms with Gasteiger partial charge in [-0.3, -0.25) is 0 Å². The number of fused-ring (bicyclic) bond motifs is 1. The Kier molecular flexibility index (Phi) is 2.22. The van der Waals surface area contributed by atoms with Crippen molar-refractivity contribution in [3.63, 3.8) is 0 Å². The van der Waals surface area contributed by atoms with Crippen LogP contribution in [0.2, 0.25) is 0 Å². The Balaban J connectivity index is 2.17. The maximum absolute atomic E-state index is 5.34. The molecule has 0 atom stereocenters. The molecule has 0 aromatic carbocycles. The molecule has 2 heterocycles. The fourth-order valence-electron chi connectivity index (χ4n) is 2.00. The molecule has 90 valence electrons. The van der Waals surface area contributed by atoms with Crippen molar-refractivity contribution in [2.24, 2.45) is 5.41 Å². The molecule has 0 bridgehead atoms. The summed E-state index contributed by atoms with van der Waals surface area (Å²) in [6.45, 7) is 3.18. The Morgan fingerprint density at radius 3 is 2.94 bits per heavy atom. The molecule has 2 aromatic heterocycles. The minimum atomic E-state index is 0.380. The average Bonchev–Trinajstić information content (AvgIpc) is 2.96. The molecule has 1 aliphatic rings. The summed E-state index contributed by atoms with van der Waals surface area (Å²) in [5.74, 6) is 0.542. The van der Waals surface area contributed by atoms with E-state index in [1.54, 1.807) is 7.11 Å². The third-order valence-corrected chi connectivity index (χ3v) is 3.68. The summed E-state index contributed by atoms with van der Waals surface area (Å²) in [6.07, 6.45) is 4.02. The Hall–Kier alpha value is -1.43. The number of rotatable bonds is 3. The third-order valence-electron chi connectivity index (χ3n) is 3.36. The SMILES string of the molecule is COc1ncnc2c1[nH]c(=S)n2CC1(C)CC1. The van der Waals surface area contributed by atoms with Crippen LogP contribution in [-0.2, 0) is 6.54 Å². The van der Waals surface area contributed by atoms with Crippen LogP contribution < -0.4 is 4.74 Å². The zero-order valence-corrected chi connectivity index (χ0v) is 10.7. The highest BCUT2D eigenvalue weighted by Crippen LogP contribution is 2.46. The Morgan fingerprint density at radius 1 is 1.53 bits per heavy atom. The molecule has 1 aliphatic carbocycles. The average molecular weight is 250 g/mol. The van der Waals surface area contributed by atoms with Crippen molar-refractivity contribution in [1.29, 1.82) is 0 Å². The lowest BCUT2D eigenvalue weighted by Crippen LogP contribution is -2.08. The number of imidazole rings is 1. The topological polar surface area (TPSA) is 55.7 Å². The molecule has 0 spiro atoms. The third kappa shape index (κ3) is 1.72. The molecule has 0 radical (unpaired) electrons. The van der Waals surface area contributed by atoms with Crippen molar-refractivity contribution in [2.75, 3.05) is 7.11 Å². The van der Waals surface area contributed by atoms with E-state index >= 15 is 0 Å². The second kappa shape index (κ2) is 3.53. The Labute approximate surface area is 104 Å². The largest absolute Gasteiger partial charge is 0.479 e. The van der Waals surface area contributed by atoms with E-state index < -0.39 is 0 Å². The molecule has 17 heavy (non-hydrogen) atoms. The number of nitrogens with one attached hydrogen (secondary N) is 1. The van der Waals surface area contributed by atoms with Crippen molar-refractivity contribution in [1.82, 2.24) is 19.5 Å². The highest BCUT2D eigenvalue weighted by Gasteiger charge is 2.38.